The molecule has 0 aromatic carbocycles. The monoisotopic (exact) mass is 287 g/mol. The molecule has 5 nitrogen and oxygen atoms in total. The van der Waals surface area contributed by atoms with E-state index in [-0.39, 0.29) is 18.2 Å². The van der Waals surface area contributed by atoms with E-state index in [9.17, 15) is 13.2 Å². The van der Waals surface area contributed by atoms with Gasteiger partial charge in [-0.3, -0.25) is 4.79 Å². The van der Waals surface area contributed by atoms with Crippen molar-refractivity contribution in [1.29, 1.82) is 0 Å². The van der Waals surface area contributed by atoms with Crippen LogP contribution >= 0.6 is 11.3 Å². The van der Waals surface area contributed by atoms with Crippen LogP contribution in [0.1, 0.15) is 9.75 Å². The van der Waals surface area contributed by atoms with Gasteiger partial charge in [0.25, 0.3) is 0 Å². The Morgan fingerprint density at radius 3 is 2.78 bits per heavy atom. The zero-order valence-electron chi connectivity index (χ0n) is 9.50. The second kappa shape index (κ2) is 5.21. The molecule has 98 valence electrons. The van der Waals surface area contributed by atoms with Gasteiger partial charge in [-0.05, 0) is 12.1 Å². The summed E-state index contributed by atoms with van der Waals surface area (Å²) in [5, 5.41) is 13.0. The predicted molar refractivity (Wildman–Crippen MR) is 69.2 cm³/mol. The lowest BCUT2D eigenvalue weighted by Gasteiger charge is -2.07. The average Bonchev–Trinajstić information content (AvgIpc) is 2.81. The minimum Gasteiger partial charge on any atom is -0.481 e. The zero-order chi connectivity index (χ0) is 13.2. The third kappa shape index (κ3) is 3.66. The molecule has 1 unspecified atom stereocenters. The van der Waals surface area contributed by atoms with Crippen LogP contribution in [0.25, 0.3) is 0 Å². The summed E-state index contributed by atoms with van der Waals surface area (Å²) in [6.07, 6.45) is 1.67. The SMILES string of the molecule is O=C(O)Cc1ccc(CNC2C=CS(=O)(=O)C2)s1. The highest BCUT2D eigenvalue weighted by Gasteiger charge is 2.20. The van der Waals surface area contributed by atoms with Gasteiger partial charge in [0, 0.05) is 27.7 Å². The van der Waals surface area contributed by atoms with Crippen molar-refractivity contribution in [3.05, 3.63) is 33.4 Å². The molecule has 1 aromatic heterocycles. The van der Waals surface area contributed by atoms with Gasteiger partial charge in [0.15, 0.2) is 9.84 Å². The van der Waals surface area contributed by atoms with Crippen LogP contribution in [-0.2, 0) is 27.6 Å². The van der Waals surface area contributed by atoms with Crippen LogP contribution in [0.15, 0.2) is 23.6 Å². The Hall–Kier alpha value is -1.18. The molecule has 0 bridgehead atoms. The topological polar surface area (TPSA) is 83.5 Å². The molecule has 0 saturated heterocycles. The maximum absolute atomic E-state index is 11.2. The van der Waals surface area contributed by atoms with Crippen LogP contribution < -0.4 is 5.32 Å². The van der Waals surface area contributed by atoms with Crippen molar-refractivity contribution < 1.29 is 18.3 Å². The van der Waals surface area contributed by atoms with Crippen molar-refractivity contribution in [2.75, 3.05) is 5.75 Å². The summed E-state index contributed by atoms with van der Waals surface area (Å²) in [4.78, 5) is 12.3. The zero-order valence-corrected chi connectivity index (χ0v) is 11.1. The number of hydrogen-bond donors (Lipinski definition) is 2. The maximum atomic E-state index is 11.2. The van der Waals surface area contributed by atoms with E-state index in [4.69, 9.17) is 5.11 Å². The Morgan fingerprint density at radius 1 is 1.44 bits per heavy atom. The van der Waals surface area contributed by atoms with E-state index in [0.29, 0.717) is 6.54 Å². The quantitative estimate of drug-likeness (QED) is 0.836. The van der Waals surface area contributed by atoms with Crippen molar-refractivity contribution in [2.45, 2.75) is 19.0 Å². The number of carbonyl (C=O) groups is 1. The van der Waals surface area contributed by atoms with Gasteiger partial charge < -0.3 is 10.4 Å². The lowest BCUT2D eigenvalue weighted by atomic mass is 10.3. The number of aliphatic carboxylic acids is 1. The molecule has 7 heteroatoms. The van der Waals surface area contributed by atoms with E-state index in [1.807, 2.05) is 6.07 Å². The Bertz CT molecular complexity index is 574. The van der Waals surface area contributed by atoms with E-state index >= 15 is 0 Å². The predicted octanol–water partition coefficient (Wildman–Crippen LogP) is 0.776. The number of carboxylic acids is 1. The minimum atomic E-state index is -3.03. The average molecular weight is 287 g/mol. The first kappa shape index (κ1) is 13.3. The summed E-state index contributed by atoms with van der Waals surface area (Å²) in [7, 11) is -3.03. The summed E-state index contributed by atoms with van der Waals surface area (Å²) in [5.41, 5.74) is 0. The van der Waals surface area contributed by atoms with Gasteiger partial charge in [-0.25, -0.2) is 8.42 Å². The van der Waals surface area contributed by atoms with Crippen molar-refractivity contribution in [2.24, 2.45) is 0 Å². The number of rotatable bonds is 5. The van der Waals surface area contributed by atoms with Crippen LogP contribution in [0.5, 0.6) is 0 Å². The van der Waals surface area contributed by atoms with Crippen molar-refractivity contribution >= 4 is 27.1 Å². The molecule has 2 heterocycles. The number of carboxylic acid groups (broad SMARTS) is 1. The second-order valence-electron chi connectivity index (χ2n) is 4.08. The third-order valence-corrected chi connectivity index (χ3v) is 4.99. The van der Waals surface area contributed by atoms with Gasteiger partial charge >= 0.3 is 5.97 Å². The first-order valence-electron chi connectivity index (χ1n) is 5.38. The van der Waals surface area contributed by atoms with Crippen molar-refractivity contribution in [3.63, 3.8) is 0 Å². The molecule has 2 N–H and O–H groups in total. The van der Waals surface area contributed by atoms with Crippen molar-refractivity contribution in [1.82, 2.24) is 5.32 Å². The molecule has 1 aliphatic heterocycles. The summed E-state index contributed by atoms with van der Waals surface area (Å²) >= 11 is 1.43. The number of thiophene rings is 1. The highest BCUT2D eigenvalue weighted by molar-refractivity contribution is 7.94. The molecule has 0 radical (unpaired) electrons. The Kier molecular flexibility index (Phi) is 3.84. The van der Waals surface area contributed by atoms with E-state index in [2.05, 4.69) is 5.32 Å². The Labute approximate surface area is 109 Å². The summed E-state index contributed by atoms with van der Waals surface area (Å²) in [6.45, 7) is 0.550. The summed E-state index contributed by atoms with van der Waals surface area (Å²) in [6, 6.07) is 3.50. The summed E-state index contributed by atoms with van der Waals surface area (Å²) < 4.78 is 22.4. The smallest absolute Gasteiger partial charge is 0.308 e. The molecule has 0 fully saturated rings. The molecular formula is C11H13NO4S2. The van der Waals surface area contributed by atoms with Crippen LogP contribution in [0.4, 0.5) is 0 Å². The second-order valence-corrected chi connectivity index (χ2v) is 7.27. The van der Waals surface area contributed by atoms with Crippen LogP contribution in [0.3, 0.4) is 0 Å². The van der Waals surface area contributed by atoms with Gasteiger partial charge in [0.2, 0.25) is 0 Å². The fourth-order valence-corrected chi connectivity index (χ4v) is 3.93. The lowest BCUT2D eigenvalue weighted by molar-refractivity contribution is -0.136. The molecule has 0 amide bonds. The van der Waals surface area contributed by atoms with Gasteiger partial charge in [-0.1, -0.05) is 6.08 Å². The Balaban J connectivity index is 1.86. The molecule has 0 spiro atoms. The molecule has 0 saturated carbocycles. The third-order valence-electron chi connectivity index (χ3n) is 2.51. The molecule has 1 aromatic rings. The normalized spacial score (nSPS) is 21.2. The van der Waals surface area contributed by atoms with E-state index < -0.39 is 15.8 Å². The van der Waals surface area contributed by atoms with Crippen LogP contribution in [0, 0.1) is 0 Å². The molecule has 18 heavy (non-hydrogen) atoms. The molecular weight excluding hydrogens is 274 g/mol. The van der Waals surface area contributed by atoms with E-state index in [1.165, 1.54) is 16.7 Å². The standard InChI is InChI=1S/C11H13NO4S2/c13-11(14)5-9-1-2-10(17-9)6-12-8-3-4-18(15,16)7-8/h1-4,8,12H,5-7H2,(H,13,14). The highest BCUT2D eigenvalue weighted by Crippen LogP contribution is 2.17. The lowest BCUT2D eigenvalue weighted by Crippen LogP contribution is -2.29. The number of sulfone groups is 1. The van der Waals surface area contributed by atoms with Gasteiger partial charge in [0.05, 0.1) is 12.2 Å². The van der Waals surface area contributed by atoms with Crippen molar-refractivity contribution in [3.8, 4) is 0 Å². The van der Waals surface area contributed by atoms with Gasteiger partial charge in [0.1, 0.15) is 0 Å². The maximum Gasteiger partial charge on any atom is 0.308 e. The molecule has 1 aliphatic rings. The fourth-order valence-electron chi connectivity index (χ4n) is 1.70. The van der Waals surface area contributed by atoms with E-state index in [0.717, 1.165) is 9.75 Å². The largest absolute Gasteiger partial charge is 0.481 e. The minimum absolute atomic E-state index is 0.0301. The first-order chi connectivity index (χ1) is 8.44. The van der Waals surface area contributed by atoms with Crippen LogP contribution in [-0.4, -0.2) is 31.3 Å². The number of hydrogen-bond acceptors (Lipinski definition) is 5. The van der Waals surface area contributed by atoms with Gasteiger partial charge in [-0.2, -0.15) is 0 Å². The first-order valence-corrected chi connectivity index (χ1v) is 7.91. The molecule has 2 rings (SSSR count). The summed E-state index contributed by atoms with van der Waals surface area (Å²) in [5.74, 6) is -0.749. The Morgan fingerprint density at radius 2 is 2.17 bits per heavy atom. The van der Waals surface area contributed by atoms with E-state index in [1.54, 1.807) is 12.1 Å². The van der Waals surface area contributed by atoms with Crippen LogP contribution in [0.2, 0.25) is 0 Å². The fraction of sp³-hybridized carbons (Fsp3) is 0.364. The highest BCUT2D eigenvalue weighted by atomic mass is 32.2. The molecule has 0 aliphatic carbocycles. The molecule has 1 atom stereocenters. The number of nitrogens with one attached hydrogen (secondary N) is 1. The van der Waals surface area contributed by atoms with Gasteiger partial charge in [-0.15, -0.1) is 11.3 Å².